The third kappa shape index (κ3) is 2.59. The summed E-state index contributed by atoms with van der Waals surface area (Å²) < 4.78 is 0. The number of fused-ring (bicyclic) bond motifs is 1. The largest absolute Gasteiger partial charge is 0.329 e. The molecule has 1 aromatic carbocycles. The van der Waals surface area contributed by atoms with Gasteiger partial charge < -0.3 is 5.73 Å². The number of carbonyl (C=O) groups excluding carboxylic acids is 2. The van der Waals surface area contributed by atoms with Gasteiger partial charge in [0.25, 0.3) is 11.8 Å². The van der Waals surface area contributed by atoms with Crippen molar-refractivity contribution in [3.8, 4) is 0 Å². The first kappa shape index (κ1) is 14.2. The molecule has 2 N–H and O–H groups in total. The molecule has 5 heteroatoms. The van der Waals surface area contributed by atoms with Crippen LogP contribution in [0.25, 0.3) is 0 Å². The van der Waals surface area contributed by atoms with Crippen molar-refractivity contribution in [1.29, 1.82) is 0 Å². The van der Waals surface area contributed by atoms with Crippen LogP contribution in [-0.2, 0) is 0 Å². The summed E-state index contributed by atoms with van der Waals surface area (Å²) in [6, 6.07) is 7.41. The summed E-state index contributed by atoms with van der Waals surface area (Å²) in [5.74, 6) is -0.339. The van der Waals surface area contributed by atoms with E-state index in [2.05, 4.69) is 4.90 Å². The van der Waals surface area contributed by atoms with Crippen molar-refractivity contribution in [1.82, 2.24) is 9.80 Å². The van der Waals surface area contributed by atoms with E-state index < -0.39 is 0 Å². The van der Waals surface area contributed by atoms with Crippen molar-refractivity contribution in [3.63, 3.8) is 0 Å². The molecule has 1 aromatic rings. The highest BCUT2D eigenvalue weighted by Gasteiger charge is 2.35. The molecule has 1 saturated heterocycles. The zero-order chi connectivity index (χ0) is 14.8. The van der Waals surface area contributed by atoms with Gasteiger partial charge in [0.05, 0.1) is 11.1 Å². The quantitative estimate of drug-likeness (QED) is 0.842. The summed E-state index contributed by atoms with van der Waals surface area (Å²) in [6.45, 7) is 2.81. The Bertz CT molecular complexity index is 523. The molecule has 3 rings (SSSR count). The van der Waals surface area contributed by atoms with E-state index in [0.29, 0.717) is 36.8 Å². The molecule has 2 aliphatic heterocycles. The molecule has 0 radical (unpaired) electrons. The summed E-state index contributed by atoms with van der Waals surface area (Å²) in [6.07, 6.45) is 3.49. The molecule has 5 nitrogen and oxygen atoms in total. The molecule has 0 bridgehead atoms. The van der Waals surface area contributed by atoms with Crippen LogP contribution in [0.1, 0.15) is 40.0 Å². The highest BCUT2D eigenvalue weighted by molar-refractivity contribution is 6.21. The highest BCUT2D eigenvalue weighted by atomic mass is 16.2. The SMILES string of the molecule is NCC1CCCCN1CCN1C(=O)c2ccccc2C1=O. The number of hydrogen-bond acceptors (Lipinski definition) is 4. The number of piperidine rings is 1. The Kier molecular flexibility index (Phi) is 4.03. The van der Waals surface area contributed by atoms with Crippen molar-refractivity contribution >= 4 is 11.8 Å². The second kappa shape index (κ2) is 5.95. The van der Waals surface area contributed by atoms with Crippen molar-refractivity contribution < 1.29 is 9.59 Å². The molecule has 2 aliphatic rings. The fourth-order valence-corrected chi connectivity index (χ4v) is 3.29. The maximum absolute atomic E-state index is 12.3. The molecule has 0 spiro atoms. The lowest BCUT2D eigenvalue weighted by atomic mass is 10.0. The van der Waals surface area contributed by atoms with Crippen molar-refractivity contribution in [2.75, 3.05) is 26.2 Å². The first-order valence-electron chi connectivity index (χ1n) is 7.61. The molecule has 0 aliphatic carbocycles. The van der Waals surface area contributed by atoms with E-state index in [1.807, 2.05) is 0 Å². The molecule has 2 heterocycles. The van der Waals surface area contributed by atoms with E-state index in [-0.39, 0.29) is 11.8 Å². The average Bonchev–Trinajstić information content (AvgIpc) is 2.78. The fraction of sp³-hybridized carbons (Fsp3) is 0.500. The summed E-state index contributed by atoms with van der Waals surface area (Å²) in [5, 5.41) is 0. The van der Waals surface area contributed by atoms with Gasteiger partial charge in [-0.2, -0.15) is 0 Å². The molecule has 2 amide bonds. The second-order valence-corrected chi connectivity index (χ2v) is 5.73. The minimum atomic E-state index is -0.170. The van der Waals surface area contributed by atoms with Gasteiger partial charge in [0.1, 0.15) is 0 Å². The Morgan fingerprint density at radius 1 is 1.05 bits per heavy atom. The molecule has 1 atom stereocenters. The molecule has 1 unspecified atom stereocenters. The van der Waals surface area contributed by atoms with Gasteiger partial charge in [0.15, 0.2) is 0 Å². The van der Waals surface area contributed by atoms with Crippen LogP contribution in [0, 0.1) is 0 Å². The molecule has 1 fully saturated rings. The van der Waals surface area contributed by atoms with Crippen LogP contribution in [0.4, 0.5) is 0 Å². The van der Waals surface area contributed by atoms with Gasteiger partial charge in [0.2, 0.25) is 0 Å². The monoisotopic (exact) mass is 287 g/mol. The van der Waals surface area contributed by atoms with E-state index in [1.165, 1.54) is 17.7 Å². The Labute approximate surface area is 124 Å². The fourth-order valence-electron chi connectivity index (χ4n) is 3.29. The topological polar surface area (TPSA) is 66.6 Å². The van der Waals surface area contributed by atoms with Crippen molar-refractivity contribution in [3.05, 3.63) is 35.4 Å². The average molecular weight is 287 g/mol. The second-order valence-electron chi connectivity index (χ2n) is 5.73. The smallest absolute Gasteiger partial charge is 0.261 e. The lowest BCUT2D eigenvalue weighted by Gasteiger charge is -2.35. The van der Waals surface area contributed by atoms with Gasteiger partial charge in [-0.25, -0.2) is 0 Å². The summed E-state index contributed by atoms with van der Waals surface area (Å²) in [7, 11) is 0. The lowest BCUT2D eigenvalue weighted by molar-refractivity contribution is 0.0611. The minimum Gasteiger partial charge on any atom is -0.329 e. The number of nitrogens with zero attached hydrogens (tertiary/aromatic N) is 2. The molecule has 21 heavy (non-hydrogen) atoms. The van der Waals surface area contributed by atoms with E-state index in [0.717, 1.165) is 13.0 Å². The van der Waals surface area contributed by atoms with Crippen LogP contribution in [0.3, 0.4) is 0 Å². The Balaban J connectivity index is 1.67. The van der Waals surface area contributed by atoms with Crippen LogP contribution in [0.15, 0.2) is 24.3 Å². The number of amides is 2. The predicted molar refractivity (Wildman–Crippen MR) is 80.1 cm³/mol. The van der Waals surface area contributed by atoms with Crippen LogP contribution in [0.5, 0.6) is 0 Å². The summed E-state index contributed by atoms with van der Waals surface area (Å²) >= 11 is 0. The standard InChI is InChI=1S/C16H21N3O2/c17-11-12-5-3-4-8-18(12)9-10-19-15(20)13-6-1-2-7-14(13)16(19)21/h1-2,6-7,12H,3-5,8-11,17H2. The molecule has 0 saturated carbocycles. The Morgan fingerprint density at radius 2 is 1.71 bits per heavy atom. The maximum Gasteiger partial charge on any atom is 0.261 e. The number of benzene rings is 1. The van der Waals surface area contributed by atoms with Crippen LogP contribution >= 0.6 is 0 Å². The van der Waals surface area contributed by atoms with E-state index in [1.54, 1.807) is 24.3 Å². The molecular formula is C16H21N3O2. The predicted octanol–water partition coefficient (Wildman–Crippen LogP) is 1.10. The van der Waals surface area contributed by atoms with Crippen LogP contribution in [-0.4, -0.2) is 53.8 Å². The van der Waals surface area contributed by atoms with Crippen molar-refractivity contribution in [2.24, 2.45) is 5.73 Å². The number of imide groups is 1. The van der Waals surface area contributed by atoms with E-state index in [4.69, 9.17) is 5.73 Å². The number of likely N-dealkylation sites (tertiary alicyclic amines) is 1. The maximum atomic E-state index is 12.3. The van der Waals surface area contributed by atoms with E-state index >= 15 is 0 Å². The summed E-state index contributed by atoms with van der Waals surface area (Å²) in [5.41, 5.74) is 6.86. The Morgan fingerprint density at radius 3 is 2.33 bits per heavy atom. The van der Waals surface area contributed by atoms with Crippen molar-refractivity contribution in [2.45, 2.75) is 25.3 Å². The van der Waals surface area contributed by atoms with Gasteiger partial charge in [-0.3, -0.25) is 19.4 Å². The summed E-state index contributed by atoms with van der Waals surface area (Å²) in [4.78, 5) is 28.3. The lowest BCUT2D eigenvalue weighted by Crippen LogP contribution is -2.47. The van der Waals surface area contributed by atoms with Crippen LogP contribution in [0.2, 0.25) is 0 Å². The van der Waals surface area contributed by atoms with Gasteiger partial charge in [-0.1, -0.05) is 18.6 Å². The first-order valence-corrected chi connectivity index (χ1v) is 7.61. The van der Waals surface area contributed by atoms with Gasteiger partial charge >= 0.3 is 0 Å². The number of rotatable bonds is 4. The zero-order valence-electron chi connectivity index (χ0n) is 12.1. The van der Waals surface area contributed by atoms with Gasteiger partial charge in [-0.15, -0.1) is 0 Å². The first-order chi connectivity index (χ1) is 10.2. The molecule has 0 aromatic heterocycles. The normalized spacial score (nSPS) is 22.7. The van der Waals surface area contributed by atoms with Gasteiger partial charge in [-0.05, 0) is 31.5 Å². The van der Waals surface area contributed by atoms with Crippen LogP contribution < -0.4 is 5.73 Å². The molecule has 112 valence electrons. The van der Waals surface area contributed by atoms with E-state index in [9.17, 15) is 9.59 Å². The number of carbonyl (C=O) groups is 2. The third-order valence-corrected chi connectivity index (χ3v) is 4.51. The van der Waals surface area contributed by atoms with Gasteiger partial charge in [0, 0.05) is 25.7 Å². The Hall–Kier alpha value is -1.72. The minimum absolute atomic E-state index is 0.170. The zero-order valence-corrected chi connectivity index (χ0v) is 12.1. The third-order valence-electron chi connectivity index (χ3n) is 4.51. The number of hydrogen-bond donors (Lipinski definition) is 1. The molecular weight excluding hydrogens is 266 g/mol. The highest BCUT2D eigenvalue weighted by Crippen LogP contribution is 2.23. The number of nitrogens with two attached hydrogens (primary N) is 1.